The first kappa shape index (κ1) is 34.1. The molecular formula is C42H57N2O2+. The van der Waals surface area contributed by atoms with E-state index in [4.69, 9.17) is 9.47 Å². The van der Waals surface area contributed by atoms with Gasteiger partial charge >= 0.3 is 0 Å². The molecule has 0 saturated heterocycles. The fraction of sp³-hybridized carbons (Fsp3) is 0.500. The summed E-state index contributed by atoms with van der Waals surface area (Å²) in [5.41, 5.74) is 7.31. The Morgan fingerprint density at radius 3 is 2.33 bits per heavy atom. The Balaban J connectivity index is 1.64. The van der Waals surface area contributed by atoms with Gasteiger partial charge in [0.2, 0.25) is 0 Å². The van der Waals surface area contributed by atoms with Crippen molar-refractivity contribution in [1.29, 1.82) is 0 Å². The van der Waals surface area contributed by atoms with E-state index in [1.165, 1.54) is 72.0 Å². The molecule has 0 amide bonds. The Labute approximate surface area is 278 Å². The van der Waals surface area contributed by atoms with E-state index in [0.29, 0.717) is 12.5 Å². The summed E-state index contributed by atoms with van der Waals surface area (Å²) >= 11 is 0. The molecule has 246 valence electrons. The van der Waals surface area contributed by atoms with Crippen molar-refractivity contribution in [3.8, 4) is 5.75 Å². The molecule has 0 saturated carbocycles. The molecule has 4 aromatic rings. The maximum Gasteiger partial charge on any atom is 0.142 e. The van der Waals surface area contributed by atoms with Gasteiger partial charge in [0, 0.05) is 29.1 Å². The van der Waals surface area contributed by atoms with Gasteiger partial charge in [0.05, 0.1) is 24.8 Å². The Bertz CT molecular complexity index is 1580. The molecule has 0 spiro atoms. The van der Waals surface area contributed by atoms with Crippen LogP contribution in [-0.2, 0) is 4.74 Å². The molecule has 5 rings (SSSR count). The number of ether oxygens (including phenoxy) is 2. The van der Waals surface area contributed by atoms with Gasteiger partial charge in [0.25, 0.3) is 0 Å². The van der Waals surface area contributed by atoms with E-state index in [1.807, 2.05) is 6.20 Å². The second kappa shape index (κ2) is 14.7. The minimum atomic E-state index is -0.258. The predicted molar refractivity (Wildman–Crippen MR) is 195 cm³/mol. The number of fused-ring (bicyclic) bond motifs is 2. The second-order valence-electron chi connectivity index (χ2n) is 14.4. The first-order valence-electron chi connectivity index (χ1n) is 17.9. The number of aromatic nitrogens is 1. The first-order valence-corrected chi connectivity index (χ1v) is 17.9. The lowest BCUT2D eigenvalue weighted by Gasteiger charge is -2.58. The number of unbranched alkanes of at least 4 members (excludes halogenated alkanes) is 5. The monoisotopic (exact) mass is 621 g/mol. The van der Waals surface area contributed by atoms with Gasteiger partial charge in [0.1, 0.15) is 28.8 Å². The molecule has 0 aliphatic carbocycles. The third kappa shape index (κ3) is 6.49. The Morgan fingerprint density at radius 2 is 1.61 bits per heavy atom. The number of benzene rings is 3. The van der Waals surface area contributed by atoms with Gasteiger partial charge < -0.3 is 9.47 Å². The molecule has 0 N–H and O–H groups in total. The molecule has 2 heterocycles. The minimum absolute atomic E-state index is 0.0460. The number of quaternary nitrogens is 1. The van der Waals surface area contributed by atoms with Gasteiger partial charge in [-0.05, 0) is 100 Å². The predicted octanol–water partition coefficient (Wildman–Crippen LogP) is 11.6. The molecule has 1 aliphatic heterocycles. The highest BCUT2D eigenvalue weighted by Crippen LogP contribution is 2.56. The smallest absolute Gasteiger partial charge is 0.142 e. The number of hydrogen-bond donors (Lipinski definition) is 0. The normalized spacial score (nSPS) is 21.3. The van der Waals surface area contributed by atoms with Crippen molar-refractivity contribution in [3.05, 3.63) is 95.7 Å². The second-order valence-corrected chi connectivity index (χ2v) is 14.4. The van der Waals surface area contributed by atoms with Crippen LogP contribution in [0.25, 0.3) is 10.9 Å². The van der Waals surface area contributed by atoms with Crippen LogP contribution < -0.4 is 9.22 Å². The summed E-state index contributed by atoms with van der Waals surface area (Å²) in [6, 6.07) is 26.9. The molecule has 1 aliphatic rings. The molecule has 1 aromatic heterocycles. The number of aryl methyl sites for hydroxylation is 1. The summed E-state index contributed by atoms with van der Waals surface area (Å²) in [7, 11) is 0. The van der Waals surface area contributed by atoms with E-state index in [9.17, 15) is 0 Å². The van der Waals surface area contributed by atoms with Crippen molar-refractivity contribution in [2.75, 3.05) is 13.2 Å². The SMILES string of the molecule is CCCCCCCC[N+]1(c2ccccc2)c2ccc(OCC)cc2C(C)C(OC(c2ccc3nccc(C)c3c2)C(C)C)C1(C)C. The van der Waals surface area contributed by atoms with Crippen molar-refractivity contribution in [1.82, 2.24) is 9.47 Å². The number of para-hydroxylation sites is 1. The highest BCUT2D eigenvalue weighted by Gasteiger charge is 2.59. The van der Waals surface area contributed by atoms with E-state index in [2.05, 4.69) is 133 Å². The van der Waals surface area contributed by atoms with Gasteiger partial charge in [-0.25, -0.2) is 0 Å². The van der Waals surface area contributed by atoms with Crippen molar-refractivity contribution < 1.29 is 9.47 Å². The molecule has 4 atom stereocenters. The van der Waals surface area contributed by atoms with Gasteiger partial charge in [-0.3, -0.25) is 9.47 Å². The Kier molecular flexibility index (Phi) is 10.9. The van der Waals surface area contributed by atoms with Gasteiger partial charge in [0.15, 0.2) is 0 Å². The quantitative estimate of drug-likeness (QED) is 0.104. The van der Waals surface area contributed by atoms with Crippen LogP contribution in [0, 0.1) is 12.8 Å². The molecule has 4 nitrogen and oxygen atoms in total. The largest absolute Gasteiger partial charge is 0.494 e. The Hall–Kier alpha value is -3.21. The number of nitrogens with zero attached hydrogens (tertiary/aromatic N) is 2. The highest BCUT2D eigenvalue weighted by molar-refractivity contribution is 5.82. The minimum Gasteiger partial charge on any atom is -0.494 e. The van der Waals surface area contributed by atoms with Crippen LogP contribution in [0.2, 0.25) is 0 Å². The van der Waals surface area contributed by atoms with Gasteiger partial charge in [-0.1, -0.05) is 77.6 Å². The van der Waals surface area contributed by atoms with Crippen molar-refractivity contribution in [2.24, 2.45) is 5.92 Å². The van der Waals surface area contributed by atoms with E-state index >= 15 is 0 Å². The zero-order valence-electron chi connectivity index (χ0n) is 29.7. The molecule has 46 heavy (non-hydrogen) atoms. The summed E-state index contributed by atoms with van der Waals surface area (Å²) in [4.78, 5) is 4.64. The van der Waals surface area contributed by atoms with Crippen LogP contribution in [0.4, 0.5) is 11.4 Å². The average Bonchev–Trinajstić information content (AvgIpc) is 3.05. The van der Waals surface area contributed by atoms with Crippen LogP contribution in [0.5, 0.6) is 5.75 Å². The van der Waals surface area contributed by atoms with E-state index in [0.717, 1.165) is 22.3 Å². The van der Waals surface area contributed by atoms with Crippen LogP contribution in [-0.4, -0.2) is 29.8 Å². The molecule has 0 fully saturated rings. The summed E-state index contributed by atoms with van der Waals surface area (Å²) in [5, 5.41) is 1.20. The average molecular weight is 622 g/mol. The molecular weight excluding hydrogens is 564 g/mol. The van der Waals surface area contributed by atoms with E-state index < -0.39 is 0 Å². The molecule has 4 unspecified atom stereocenters. The summed E-state index contributed by atoms with van der Waals surface area (Å²) < 4.78 is 14.4. The van der Waals surface area contributed by atoms with Crippen LogP contribution in [0.15, 0.2) is 79.0 Å². The summed E-state index contributed by atoms with van der Waals surface area (Å²) in [6.07, 6.45) is 9.42. The topological polar surface area (TPSA) is 31.4 Å². The highest BCUT2D eigenvalue weighted by atomic mass is 16.5. The molecule has 0 bridgehead atoms. The number of pyridine rings is 1. The fourth-order valence-electron chi connectivity index (χ4n) is 8.17. The first-order chi connectivity index (χ1) is 22.2. The maximum absolute atomic E-state index is 7.57. The lowest BCUT2D eigenvalue weighted by molar-refractivity contribution is -0.111. The lowest BCUT2D eigenvalue weighted by atomic mass is 9.73. The lowest BCUT2D eigenvalue weighted by Crippen LogP contribution is -2.69. The number of hydrogen-bond acceptors (Lipinski definition) is 3. The zero-order chi connectivity index (χ0) is 32.9. The standard InChI is InChI=1S/C42H57N2O2/c1-9-11-12-13-14-18-27-44(34-19-16-15-17-20-34)39-24-22-35(45-10-2)29-37(39)32(6)41(42(44,7)8)46-40(30(3)4)33-21-23-38-36(28-33)31(5)25-26-43-38/h15-17,19-26,28-30,32,40-41H,9-14,18,27H2,1-8H3/q+1. The van der Waals surface area contributed by atoms with Crippen molar-refractivity contribution in [3.63, 3.8) is 0 Å². The number of rotatable bonds is 14. The zero-order valence-corrected chi connectivity index (χ0v) is 29.7. The summed E-state index contributed by atoms with van der Waals surface area (Å²) in [6.45, 7) is 20.1. The van der Waals surface area contributed by atoms with Crippen LogP contribution >= 0.6 is 0 Å². The third-order valence-corrected chi connectivity index (χ3v) is 10.6. The third-order valence-electron chi connectivity index (χ3n) is 10.6. The van der Waals surface area contributed by atoms with Gasteiger partial charge in [-0.2, -0.15) is 0 Å². The van der Waals surface area contributed by atoms with Crippen LogP contribution in [0.3, 0.4) is 0 Å². The van der Waals surface area contributed by atoms with E-state index in [1.54, 1.807) is 0 Å². The molecule has 0 radical (unpaired) electrons. The van der Waals surface area contributed by atoms with E-state index in [-0.39, 0.29) is 23.7 Å². The Morgan fingerprint density at radius 1 is 0.870 bits per heavy atom. The van der Waals surface area contributed by atoms with Crippen molar-refractivity contribution >= 4 is 22.3 Å². The maximum atomic E-state index is 7.57. The van der Waals surface area contributed by atoms with Gasteiger partial charge in [-0.15, -0.1) is 0 Å². The van der Waals surface area contributed by atoms with Crippen LogP contribution in [0.1, 0.15) is 116 Å². The van der Waals surface area contributed by atoms with Crippen molar-refractivity contribution in [2.45, 2.75) is 118 Å². The molecule has 4 heteroatoms. The molecule has 3 aromatic carbocycles. The fourth-order valence-corrected chi connectivity index (χ4v) is 8.17. The summed E-state index contributed by atoms with van der Waals surface area (Å²) in [5.74, 6) is 1.41.